The molecule has 0 saturated carbocycles. The van der Waals surface area contributed by atoms with Crippen molar-refractivity contribution in [1.82, 2.24) is 0 Å². The lowest BCUT2D eigenvalue weighted by atomic mass is 9.59. The molecule has 3 rings (SSSR count). The summed E-state index contributed by atoms with van der Waals surface area (Å²) in [5, 5.41) is 0. The fourth-order valence-electron chi connectivity index (χ4n) is 3.43. The van der Waals surface area contributed by atoms with Gasteiger partial charge in [-0.2, -0.15) is 0 Å². The molecule has 24 heavy (non-hydrogen) atoms. The maximum Gasteiger partial charge on any atom is 0.139 e. The smallest absolute Gasteiger partial charge is 0.102 e. The second-order valence-corrected chi connectivity index (χ2v) is 7.50. The number of hydrogen-bond donors (Lipinski definition) is 0. The zero-order valence-electron chi connectivity index (χ0n) is 15.0. The number of benzene rings is 3. The van der Waals surface area contributed by atoms with Crippen LogP contribution in [0, 0.1) is 0 Å². The minimum absolute atomic E-state index is 1.11. The zero-order chi connectivity index (χ0) is 17.4. The number of rotatable bonds is 2. The molecule has 6 heteroatoms. The van der Waals surface area contributed by atoms with Gasteiger partial charge in [0.25, 0.3) is 0 Å². The van der Waals surface area contributed by atoms with Gasteiger partial charge >= 0.3 is 0 Å². The summed E-state index contributed by atoms with van der Waals surface area (Å²) < 4.78 is 1.11. The predicted molar refractivity (Wildman–Crippen MR) is 126 cm³/mol. The van der Waals surface area contributed by atoms with Crippen LogP contribution >= 0.6 is 15.9 Å². The Bertz CT molecular complexity index is 890. The van der Waals surface area contributed by atoms with Gasteiger partial charge in [-0.05, 0) is 40.5 Å². The molecule has 0 fully saturated rings. The molecule has 0 bridgehead atoms. The molecule has 0 aliphatic carbocycles. The van der Waals surface area contributed by atoms with Crippen molar-refractivity contribution < 1.29 is 0 Å². The van der Waals surface area contributed by atoms with E-state index in [0.29, 0.717) is 0 Å². The summed E-state index contributed by atoms with van der Waals surface area (Å²) in [6.07, 6.45) is 0. The summed E-state index contributed by atoms with van der Waals surface area (Å²) in [4.78, 5) is 0. The predicted octanol–water partition coefficient (Wildman–Crippen LogP) is -2.92. The van der Waals surface area contributed by atoms with Crippen LogP contribution in [0.25, 0.3) is 22.3 Å². The topological polar surface area (TPSA) is 0 Å². The van der Waals surface area contributed by atoms with Gasteiger partial charge in [0.05, 0.1) is 0 Å². The molecule has 0 atom stereocenters. The van der Waals surface area contributed by atoms with Crippen LogP contribution in [0.15, 0.2) is 53.0 Å². The van der Waals surface area contributed by atoms with E-state index in [-0.39, 0.29) is 0 Å². The van der Waals surface area contributed by atoms with Crippen LogP contribution in [0.1, 0.15) is 0 Å². The fourth-order valence-corrected chi connectivity index (χ4v) is 3.69. The van der Waals surface area contributed by atoms with Crippen molar-refractivity contribution >= 4 is 82.5 Å². The highest BCUT2D eigenvalue weighted by molar-refractivity contribution is 9.10. The second-order valence-electron chi connectivity index (χ2n) is 6.59. The third-order valence-corrected chi connectivity index (χ3v) is 5.86. The first-order chi connectivity index (χ1) is 11.4. The van der Waals surface area contributed by atoms with Gasteiger partial charge in [-0.3, -0.25) is 0 Å². The monoisotopic (exact) mass is 368 g/mol. The molecule has 3 aromatic rings. The average molecular weight is 368 g/mol. The maximum absolute atomic E-state index is 3.51. The quantitative estimate of drug-likeness (QED) is 0.425. The van der Waals surface area contributed by atoms with E-state index in [4.69, 9.17) is 0 Å². The van der Waals surface area contributed by atoms with Gasteiger partial charge in [-0.25, -0.2) is 0 Å². The molecule has 0 amide bonds. The Morgan fingerprint density at radius 1 is 0.542 bits per heavy atom. The molecule has 0 nitrogen and oxygen atoms in total. The molecule has 0 aromatic heterocycles. The van der Waals surface area contributed by atoms with Gasteiger partial charge in [0.2, 0.25) is 0 Å². The lowest BCUT2D eigenvalue weighted by molar-refractivity contribution is 1.59. The fraction of sp³-hybridized carbons (Fsp3) is 0. The molecule has 0 aliphatic heterocycles. The van der Waals surface area contributed by atoms with Crippen LogP contribution in [-0.2, 0) is 0 Å². The first-order valence-corrected chi connectivity index (χ1v) is 9.12. The van der Waals surface area contributed by atoms with Crippen LogP contribution in [0.2, 0.25) is 0 Å². The molecule has 0 radical (unpaired) electrons. The molecule has 0 heterocycles. The Balaban J connectivity index is 2.19. The van der Waals surface area contributed by atoms with E-state index in [1.807, 2.05) is 0 Å². The van der Waals surface area contributed by atoms with Gasteiger partial charge in [0.15, 0.2) is 0 Å². The van der Waals surface area contributed by atoms with Gasteiger partial charge in [0.1, 0.15) is 39.2 Å². The first-order valence-electron chi connectivity index (χ1n) is 8.33. The molecular weight excluding hydrogens is 350 g/mol. The van der Waals surface area contributed by atoms with E-state index in [9.17, 15) is 0 Å². The maximum atomic E-state index is 3.51. The van der Waals surface area contributed by atoms with Crippen LogP contribution in [0.3, 0.4) is 0 Å². The number of halogens is 1. The van der Waals surface area contributed by atoms with Gasteiger partial charge in [0, 0.05) is 4.47 Å². The third kappa shape index (κ3) is 3.04. The third-order valence-electron chi connectivity index (χ3n) is 5.33. The van der Waals surface area contributed by atoms with E-state index in [1.165, 1.54) is 49.6 Å². The summed E-state index contributed by atoms with van der Waals surface area (Å²) in [7, 11) is 11.2. The normalized spacial score (nSPS) is 10.7. The minimum Gasteiger partial charge on any atom is -0.102 e. The molecule has 0 N–H and O–H groups in total. The molecule has 112 valence electrons. The van der Waals surface area contributed by atoms with E-state index >= 15 is 0 Å². The molecule has 0 unspecified atom stereocenters. The van der Waals surface area contributed by atoms with Crippen molar-refractivity contribution in [2.24, 2.45) is 0 Å². The summed E-state index contributed by atoms with van der Waals surface area (Å²) >= 11 is 3.51. The molecule has 0 aliphatic rings. The number of hydrogen-bond acceptors (Lipinski definition) is 0. The Labute approximate surface area is 157 Å². The summed E-state index contributed by atoms with van der Waals surface area (Å²) in [5.74, 6) is 0. The first kappa shape index (κ1) is 17.3. The van der Waals surface area contributed by atoms with Crippen molar-refractivity contribution in [1.29, 1.82) is 0 Å². The summed E-state index contributed by atoms with van der Waals surface area (Å²) in [6, 6.07) is 17.4. The van der Waals surface area contributed by atoms with Gasteiger partial charge in [-0.1, -0.05) is 57.2 Å². The molecule has 0 saturated heterocycles. The molecule has 0 spiro atoms. The summed E-state index contributed by atoms with van der Waals surface area (Å²) in [5.41, 5.74) is 12.2. The Kier molecular flexibility index (Phi) is 4.87. The van der Waals surface area contributed by atoms with Crippen molar-refractivity contribution in [3.05, 3.63) is 53.0 Å². The SMILES string of the molecule is Bc1c(B)c(B)c(-c2cccc(-c3ccc(Br)cc3)c2)c(B)c1B. The zero-order valence-corrected chi connectivity index (χ0v) is 16.6. The second kappa shape index (κ2) is 6.76. The van der Waals surface area contributed by atoms with E-state index in [1.54, 1.807) is 0 Å². The lowest BCUT2D eigenvalue weighted by Crippen LogP contribution is -2.55. The highest BCUT2D eigenvalue weighted by Gasteiger charge is 2.13. The van der Waals surface area contributed by atoms with Crippen molar-refractivity contribution in [3.63, 3.8) is 0 Å². The Morgan fingerprint density at radius 2 is 1.04 bits per heavy atom. The highest BCUT2D eigenvalue weighted by atomic mass is 79.9. The standard InChI is InChI=1S/C18H18B5Br/c19-14-13(15(20)17(22)18(23)16(14)21)11-3-1-2-10(8-11)9-4-6-12(24)7-5-9/h1-8H,19-23H2. The van der Waals surface area contributed by atoms with Crippen molar-refractivity contribution in [2.45, 2.75) is 0 Å². The molecular formula is C18H18B5Br. The highest BCUT2D eigenvalue weighted by Crippen LogP contribution is 2.25. The van der Waals surface area contributed by atoms with Crippen LogP contribution in [0.5, 0.6) is 0 Å². The summed E-state index contributed by atoms with van der Waals surface area (Å²) in [6.45, 7) is 0. The Hall–Kier alpha value is -1.54. The minimum atomic E-state index is 1.11. The molecule has 3 aromatic carbocycles. The largest absolute Gasteiger partial charge is 0.139 e. The average Bonchev–Trinajstić information content (AvgIpc) is 2.59. The van der Waals surface area contributed by atoms with E-state index in [2.05, 4.69) is 104 Å². The van der Waals surface area contributed by atoms with Crippen molar-refractivity contribution in [3.8, 4) is 22.3 Å². The van der Waals surface area contributed by atoms with E-state index in [0.717, 1.165) is 4.47 Å². The van der Waals surface area contributed by atoms with Crippen molar-refractivity contribution in [2.75, 3.05) is 0 Å². The van der Waals surface area contributed by atoms with Gasteiger partial charge < -0.3 is 0 Å². The lowest BCUT2D eigenvalue weighted by Gasteiger charge is -2.20. The Morgan fingerprint density at radius 3 is 1.62 bits per heavy atom. The van der Waals surface area contributed by atoms with Crippen LogP contribution < -0.4 is 27.3 Å². The van der Waals surface area contributed by atoms with Gasteiger partial charge in [-0.15, -0.1) is 16.4 Å². The van der Waals surface area contributed by atoms with E-state index < -0.39 is 0 Å². The van der Waals surface area contributed by atoms with Crippen LogP contribution in [0.4, 0.5) is 0 Å². The van der Waals surface area contributed by atoms with Crippen LogP contribution in [-0.4, -0.2) is 39.2 Å².